The Morgan fingerprint density at radius 3 is 2.52 bits per heavy atom. The maximum Gasteiger partial charge on any atom is 0.437 e. The van der Waals surface area contributed by atoms with Crippen LogP contribution in [0.2, 0.25) is 0 Å². The summed E-state index contributed by atoms with van der Waals surface area (Å²) < 4.78 is 53.9. The zero-order valence-electron chi connectivity index (χ0n) is 16.6. The Hall–Kier alpha value is -3.47. The first-order valence-electron chi connectivity index (χ1n) is 9.02. The molecule has 1 atom stereocenters. The lowest BCUT2D eigenvalue weighted by atomic mass is 10.0. The number of aliphatic hydroxyl groups is 1. The Balaban J connectivity index is 1.98. The fourth-order valence-electron chi connectivity index (χ4n) is 3.03. The Morgan fingerprint density at radius 2 is 1.90 bits per heavy atom. The molecule has 1 unspecified atom stereocenters. The van der Waals surface area contributed by atoms with Gasteiger partial charge in [-0.3, -0.25) is 9.89 Å². The third kappa shape index (κ3) is 4.36. The number of benzene rings is 1. The van der Waals surface area contributed by atoms with E-state index in [0.717, 1.165) is 6.07 Å². The standard InChI is InChI=1S/C20H18F4N4O3/c1-8-4-5-14(25-16(8)10(3)29)11-7-15(30)12(6-13(11)21)19(31)26-17-9(2)27-28-18(17)20(22,23)24/h4-7,10,29-30H,1-3H3,(H,26,31)(H,27,28). The van der Waals surface area contributed by atoms with Crippen molar-refractivity contribution in [1.82, 2.24) is 15.2 Å². The van der Waals surface area contributed by atoms with Crippen LogP contribution < -0.4 is 5.32 Å². The second-order valence-electron chi connectivity index (χ2n) is 6.95. The number of carbonyl (C=O) groups is 1. The van der Waals surface area contributed by atoms with Gasteiger partial charge in [-0.1, -0.05) is 6.07 Å². The summed E-state index contributed by atoms with van der Waals surface area (Å²) in [5.41, 5.74) is -1.65. The van der Waals surface area contributed by atoms with Gasteiger partial charge in [0.05, 0.1) is 34.4 Å². The topological polar surface area (TPSA) is 111 Å². The van der Waals surface area contributed by atoms with E-state index in [0.29, 0.717) is 17.3 Å². The van der Waals surface area contributed by atoms with Crippen LogP contribution in [0.15, 0.2) is 24.3 Å². The van der Waals surface area contributed by atoms with E-state index in [1.165, 1.54) is 19.9 Å². The second-order valence-corrected chi connectivity index (χ2v) is 6.95. The first-order valence-corrected chi connectivity index (χ1v) is 9.02. The van der Waals surface area contributed by atoms with Gasteiger partial charge in [0.1, 0.15) is 11.6 Å². The number of H-pyrrole nitrogens is 1. The molecular weight excluding hydrogens is 420 g/mol. The quantitative estimate of drug-likeness (QED) is 0.455. The van der Waals surface area contributed by atoms with Crippen LogP contribution in [-0.2, 0) is 6.18 Å². The maximum absolute atomic E-state index is 14.7. The maximum atomic E-state index is 14.7. The molecule has 3 aromatic rings. The minimum atomic E-state index is -4.83. The molecule has 0 spiro atoms. The van der Waals surface area contributed by atoms with Crippen molar-refractivity contribution in [2.45, 2.75) is 33.1 Å². The van der Waals surface area contributed by atoms with Crippen LogP contribution in [0.25, 0.3) is 11.3 Å². The average Bonchev–Trinajstić information content (AvgIpc) is 3.04. The van der Waals surface area contributed by atoms with Gasteiger partial charge in [-0.05, 0) is 44.5 Å². The van der Waals surface area contributed by atoms with Crippen LogP contribution in [0.3, 0.4) is 0 Å². The van der Waals surface area contributed by atoms with Gasteiger partial charge >= 0.3 is 6.18 Å². The number of hydrogen-bond acceptors (Lipinski definition) is 5. The summed E-state index contributed by atoms with van der Waals surface area (Å²) in [5.74, 6) is -2.75. The van der Waals surface area contributed by atoms with E-state index < -0.39 is 46.7 Å². The monoisotopic (exact) mass is 438 g/mol. The summed E-state index contributed by atoms with van der Waals surface area (Å²) in [6.07, 6.45) is -5.74. The minimum Gasteiger partial charge on any atom is -0.507 e. The fourth-order valence-corrected chi connectivity index (χ4v) is 3.03. The number of halogens is 4. The number of anilines is 1. The van der Waals surface area contributed by atoms with E-state index in [1.807, 2.05) is 5.32 Å². The summed E-state index contributed by atoms with van der Waals surface area (Å²) in [6, 6.07) is 4.73. The lowest BCUT2D eigenvalue weighted by Crippen LogP contribution is -2.17. The van der Waals surface area contributed by atoms with Gasteiger partial charge in [0, 0.05) is 5.56 Å². The number of aromatic amines is 1. The molecular formula is C20H18F4N4O3. The Morgan fingerprint density at radius 1 is 1.23 bits per heavy atom. The molecule has 4 N–H and O–H groups in total. The van der Waals surface area contributed by atoms with Crippen molar-refractivity contribution in [2.24, 2.45) is 0 Å². The summed E-state index contributed by atoms with van der Waals surface area (Å²) in [7, 11) is 0. The number of amides is 1. The Bertz CT molecular complexity index is 1160. The van der Waals surface area contributed by atoms with Crippen LogP contribution in [0.1, 0.15) is 46.0 Å². The molecule has 0 radical (unpaired) electrons. The van der Waals surface area contributed by atoms with Crippen molar-refractivity contribution in [2.75, 3.05) is 5.32 Å². The van der Waals surface area contributed by atoms with E-state index in [1.54, 1.807) is 13.0 Å². The molecule has 11 heteroatoms. The van der Waals surface area contributed by atoms with Crippen LogP contribution >= 0.6 is 0 Å². The summed E-state index contributed by atoms with van der Waals surface area (Å²) in [5, 5.41) is 27.3. The van der Waals surface area contributed by atoms with E-state index in [4.69, 9.17) is 0 Å². The third-order valence-corrected chi connectivity index (χ3v) is 4.59. The molecule has 0 aliphatic heterocycles. The number of alkyl halides is 3. The highest BCUT2D eigenvalue weighted by Gasteiger charge is 2.38. The van der Waals surface area contributed by atoms with Gasteiger partial charge in [-0.2, -0.15) is 18.3 Å². The zero-order chi connectivity index (χ0) is 23.1. The smallest absolute Gasteiger partial charge is 0.437 e. The summed E-state index contributed by atoms with van der Waals surface area (Å²) in [4.78, 5) is 16.6. The molecule has 0 saturated heterocycles. The van der Waals surface area contributed by atoms with Crippen molar-refractivity contribution in [3.05, 3.63) is 58.3 Å². The molecule has 0 saturated carbocycles. The average molecular weight is 438 g/mol. The lowest BCUT2D eigenvalue weighted by Gasteiger charge is -2.13. The van der Waals surface area contributed by atoms with E-state index >= 15 is 0 Å². The van der Waals surface area contributed by atoms with Gasteiger partial charge in [0.2, 0.25) is 0 Å². The van der Waals surface area contributed by atoms with E-state index in [2.05, 4.69) is 15.2 Å². The predicted molar refractivity (Wildman–Crippen MR) is 103 cm³/mol. The highest BCUT2D eigenvalue weighted by atomic mass is 19.4. The highest BCUT2D eigenvalue weighted by Crippen LogP contribution is 2.36. The number of hydrogen-bond donors (Lipinski definition) is 4. The molecule has 164 valence electrons. The van der Waals surface area contributed by atoms with Gasteiger partial charge in [0.25, 0.3) is 5.91 Å². The molecule has 0 aliphatic carbocycles. The largest absolute Gasteiger partial charge is 0.507 e. The Kier molecular flexibility index (Phi) is 5.72. The van der Waals surface area contributed by atoms with Crippen molar-refractivity contribution in [3.63, 3.8) is 0 Å². The lowest BCUT2D eigenvalue weighted by molar-refractivity contribution is -0.140. The van der Waals surface area contributed by atoms with Crippen LogP contribution in [0.4, 0.5) is 23.2 Å². The van der Waals surface area contributed by atoms with E-state index in [-0.39, 0.29) is 17.0 Å². The van der Waals surface area contributed by atoms with Crippen molar-refractivity contribution < 1.29 is 32.6 Å². The number of nitrogens with zero attached hydrogens (tertiary/aromatic N) is 2. The minimum absolute atomic E-state index is 0.0632. The number of aromatic nitrogens is 3. The zero-order valence-corrected chi connectivity index (χ0v) is 16.6. The van der Waals surface area contributed by atoms with Gasteiger partial charge in [-0.25, -0.2) is 9.37 Å². The number of rotatable bonds is 4. The molecule has 3 rings (SSSR count). The van der Waals surface area contributed by atoms with Crippen molar-refractivity contribution in [1.29, 1.82) is 0 Å². The summed E-state index contributed by atoms with van der Waals surface area (Å²) in [6.45, 7) is 4.48. The molecule has 2 aromatic heterocycles. The van der Waals surface area contributed by atoms with Gasteiger partial charge in [0.15, 0.2) is 5.69 Å². The van der Waals surface area contributed by atoms with Crippen LogP contribution in [-0.4, -0.2) is 31.3 Å². The number of phenols is 1. The second kappa shape index (κ2) is 7.99. The molecule has 1 aromatic carbocycles. The number of nitrogens with one attached hydrogen (secondary N) is 2. The number of aliphatic hydroxyl groups excluding tert-OH is 1. The van der Waals surface area contributed by atoms with Crippen LogP contribution in [0, 0.1) is 19.7 Å². The van der Waals surface area contributed by atoms with Gasteiger partial charge < -0.3 is 15.5 Å². The molecule has 31 heavy (non-hydrogen) atoms. The normalized spacial score (nSPS) is 12.6. The summed E-state index contributed by atoms with van der Waals surface area (Å²) >= 11 is 0. The van der Waals surface area contributed by atoms with Crippen LogP contribution in [0.5, 0.6) is 5.75 Å². The number of phenolic OH excluding ortho intramolecular Hbond substituents is 1. The molecule has 0 fully saturated rings. The van der Waals surface area contributed by atoms with Crippen molar-refractivity contribution >= 4 is 11.6 Å². The molecule has 2 heterocycles. The number of aryl methyl sites for hydroxylation is 2. The Labute approximate surface area is 173 Å². The number of pyridine rings is 1. The highest BCUT2D eigenvalue weighted by molar-refractivity contribution is 6.07. The molecule has 1 amide bonds. The molecule has 0 bridgehead atoms. The third-order valence-electron chi connectivity index (χ3n) is 4.59. The van der Waals surface area contributed by atoms with Gasteiger partial charge in [-0.15, -0.1) is 0 Å². The molecule has 7 nitrogen and oxygen atoms in total. The molecule has 0 aliphatic rings. The predicted octanol–water partition coefficient (Wildman–Crippen LogP) is 4.26. The first-order chi connectivity index (χ1) is 14.4. The first kappa shape index (κ1) is 22.2. The van der Waals surface area contributed by atoms with Crippen molar-refractivity contribution in [3.8, 4) is 17.0 Å². The number of aromatic hydroxyl groups is 1. The fraction of sp³-hybridized carbons (Fsp3) is 0.250. The number of carbonyl (C=O) groups excluding carboxylic acids is 1. The SMILES string of the molecule is Cc1ccc(-c2cc(O)c(C(=O)Nc3c(C(F)(F)F)n[nH]c3C)cc2F)nc1C(C)O. The van der Waals surface area contributed by atoms with E-state index in [9.17, 15) is 32.6 Å².